The Morgan fingerprint density at radius 2 is 2.00 bits per heavy atom. The molecule has 3 aromatic rings. The van der Waals surface area contributed by atoms with Gasteiger partial charge in [0.25, 0.3) is 0 Å². The second kappa shape index (κ2) is 5.81. The summed E-state index contributed by atoms with van der Waals surface area (Å²) in [4.78, 5) is 4.72. The first-order chi connectivity index (χ1) is 10.7. The molecule has 0 saturated heterocycles. The minimum absolute atomic E-state index is 0.572. The Morgan fingerprint density at radius 3 is 2.73 bits per heavy atom. The van der Waals surface area contributed by atoms with Gasteiger partial charge < -0.3 is 14.2 Å². The summed E-state index contributed by atoms with van der Waals surface area (Å²) in [7, 11) is 1.65. The standard InChI is InChI=1S/C18H20N2O2/c1-4-14(21)18-17(13-7-5-6-8-15(13)22-3)19-16-10-9-12(2)11-20(16)18/h5-11,14,21H,4H2,1-3H3. The van der Waals surface area contributed by atoms with E-state index in [0.717, 1.165) is 33.9 Å². The Morgan fingerprint density at radius 1 is 1.23 bits per heavy atom. The first-order valence-electron chi connectivity index (χ1n) is 7.45. The zero-order chi connectivity index (χ0) is 15.7. The van der Waals surface area contributed by atoms with Crippen molar-refractivity contribution in [3.63, 3.8) is 0 Å². The van der Waals surface area contributed by atoms with Crippen LogP contribution in [0.25, 0.3) is 16.9 Å². The van der Waals surface area contributed by atoms with Gasteiger partial charge in [0, 0.05) is 11.8 Å². The van der Waals surface area contributed by atoms with Crippen LogP contribution in [0.3, 0.4) is 0 Å². The molecule has 0 aliphatic rings. The zero-order valence-corrected chi connectivity index (χ0v) is 13.1. The number of hydrogen-bond donors (Lipinski definition) is 1. The SMILES string of the molecule is CCC(O)c1c(-c2ccccc2OC)nc2ccc(C)cn12. The third-order valence-corrected chi connectivity index (χ3v) is 3.87. The number of rotatable bonds is 4. The van der Waals surface area contributed by atoms with Gasteiger partial charge in [0.2, 0.25) is 0 Å². The maximum Gasteiger partial charge on any atom is 0.137 e. The van der Waals surface area contributed by atoms with Gasteiger partial charge in [-0.15, -0.1) is 0 Å². The van der Waals surface area contributed by atoms with Crippen LogP contribution in [0.15, 0.2) is 42.6 Å². The molecule has 0 fully saturated rings. The smallest absolute Gasteiger partial charge is 0.137 e. The molecular formula is C18H20N2O2. The summed E-state index contributed by atoms with van der Waals surface area (Å²) in [5.74, 6) is 0.757. The van der Waals surface area contributed by atoms with E-state index in [4.69, 9.17) is 9.72 Å². The monoisotopic (exact) mass is 296 g/mol. The van der Waals surface area contributed by atoms with E-state index in [1.54, 1.807) is 7.11 Å². The average Bonchev–Trinajstić information content (AvgIpc) is 2.92. The highest BCUT2D eigenvalue weighted by Gasteiger charge is 2.21. The van der Waals surface area contributed by atoms with Gasteiger partial charge in [0.05, 0.1) is 24.6 Å². The third-order valence-electron chi connectivity index (χ3n) is 3.87. The zero-order valence-electron chi connectivity index (χ0n) is 13.1. The molecule has 3 rings (SSSR count). The summed E-state index contributed by atoms with van der Waals surface area (Å²) in [5, 5.41) is 10.5. The van der Waals surface area contributed by atoms with Gasteiger partial charge in [-0.25, -0.2) is 4.98 Å². The Kier molecular flexibility index (Phi) is 3.86. The number of aliphatic hydroxyl groups excluding tert-OH is 1. The van der Waals surface area contributed by atoms with Crippen molar-refractivity contribution in [1.82, 2.24) is 9.38 Å². The van der Waals surface area contributed by atoms with Gasteiger partial charge in [-0.1, -0.05) is 25.1 Å². The van der Waals surface area contributed by atoms with Crippen molar-refractivity contribution in [3.8, 4) is 17.0 Å². The van der Waals surface area contributed by atoms with Crippen LogP contribution in [0.1, 0.15) is 30.7 Å². The number of methoxy groups -OCH3 is 1. The number of pyridine rings is 1. The number of fused-ring (bicyclic) bond motifs is 1. The number of para-hydroxylation sites is 1. The van der Waals surface area contributed by atoms with Gasteiger partial charge in [0.1, 0.15) is 11.4 Å². The third kappa shape index (κ3) is 2.35. The number of aliphatic hydroxyl groups is 1. The second-order valence-corrected chi connectivity index (χ2v) is 5.40. The number of hydrogen-bond acceptors (Lipinski definition) is 3. The van der Waals surface area contributed by atoms with Crippen LogP contribution in [0.5, 0.6) is 5.75 Å². The Balaban J connectivity index is 2.33. The first-order valence-corrected chi connectivity index (χ1v) is 7.45. The second-order valence-electron chi connectivity index (χ2n) is 5.40. The molecule has 1 N–H and O–H groups in total. The number of aromatic nitrogens is 2. The molecule has 1 unspecified atom stereocenters. The van der Waals surface area contributed by atoms with Crippen molar-refractivity contribution in [2.75, 3.05) is 7.11 Å². The summed E-state index contributed by atoms with van der Waals surface area (Å²) in [5.41, 5.74) is 4.44. The molecule has 114 valence electrons. The average molecular weight is 296 g/mol. The lowest BCUT2D eigenvalue weighted by molar-refractivity contribution is 0.168. The van der Waals surface area contributed by atoms with E-state index < -0.39 is 6.10 Å². The van der Waals surface area contributed by atoms with Crippen molar-refractivity contribution >= 4 is 5.65 Å². The topological polar surface area (TPSA) is 46.8 Å². The number of ether oxygens (including phenoxy) is 1. The van der Waals surface area contributed by atoms with E-state index >= 15 is 0 Å². The molecule has 2 heterocycles. The molecule has 1 atom stereocenters. The van der Waals surface area contributed by atoms with Crippen LogP contribution >= 0.6 is 0 Å². The maximum atomic E-state index is 10.5. The van der Waals surface area contributed by atoms with E-state index in [2.05, 4.69) is 0 Å². The fraction of sp³-hybridized carbons (Fsp3) is 0.278. The molecular weight excluding hydrogens is 276 g/mol. The summed E-state index contributed by atoms with van der Waals surface area (Å²) in [6.45, 7) is 4.00. The highest BCUT2D eigenvalue weighted by atomic mass is 16.5. The predicted octanol–water partition coefficient (Wildman–Crippen LogP) is 3.76. The molecule has 4 nitrogen and oxygen atoms in total. The van der Waals surface area contributed by atoms with Gasteiger partial charge in [-0.05, 0) is 37.1 Å². The van der Waals surface area contributed by atoms with E-state index in [-0.39, 0.29) is 0 Å². The van der Waals surface area contributed by atoms with E-state index in [1.807, 2.05) is 60.8 Å². The first kappa shape index (κ1) is 14.6. The molecule has 0 aliphatic heterocycles. The fourth-order valence-electron chi connectivity index (χ4n) is 2.72. The quantitative estimate of drug-likeness (QED) is 0.797. The van der Waals surface area contributed by atoms with Crippen molar-refractivity contribution < 1.29 is 9.84 Å². The molecule has 4 heteroatoms. The minimum Gasteiger partial charge on any atom is -0.496 e. The summed E-state index contributed by atoms with van der Waals surface area (Å²) < 4.78 is 7.43. The fourth-order valence-corrected chi connectivity index (χ4v) is 2.72. The summed E-state index contributed by atoms with van der Waals surface area (Å²) in [6.07, 6.45) is 2.07. The molecule has 0 radical (unpaired) electrons. The maximum absolute atomic E-state index is 10.5. The van der Waals surface area contributed by atoms with Gasteiger partial charge in [0.15, 0.2) is 0 Å². The molecule has 2 aromatic heterocycles. The highest BCUT2D eigenvalue weighted by Crippen LogP contribution is 2.35. The minimum atomic E-state index is -0.572. The molecule has 0 aliphatic carbocycles. The number of benzene rings is 1. The van der Waals surface area contributed by atoms with Crippen LogP contribution in [0.2, 0.25) is 0 Å². The van der Waals surface area contributed by atoms with Crippen molar-refractivity contribution in [2.24, 2.45) is 0 Å². The Labute approximate surface area is 130 Å². The summed E-state index contributed by atoms with van der Waals surface area (Å²) >= 11 is 0. The number of aryl methyl sites for hydroxylation is 1. The molecule has 0 amide bonds. The van der Waals surface area contributed by atoms with Crippen LogP contribution in [0.4, 0.5) is 0 Å². The number of nitrogens with zero attached hydrogens (tertiary/aromatic N) is 2. The van der Waals surface area contributed by atoms with E-state index in [1.165, 1.54) is 0 Å². The lowest BCUT2D eigenvalue weighted by Gasteiger charge is -2.12. The van der Waals surface area contributed by atoms with Crippen LogP contribution < -0.4 is 4.74 Å². The molecule has 0 saturated carbocycles. The molecule has 0 spiro atoms. The van der Waals surface area contributed by atoms with Crippen LogP contribution in [-0.2, 0) is 0 Å². The summed E-state index contributed by atoms with van der Waals surface area (Å²) in [6, 6.07) is 11.8. The van der Waals surface area contributed by atoms with Gasteiger partial charge in [-0.2, -0.15) is 0 Å². The van der Waals surface area contributed by atoms with Crippen molar-refractivity contribution in [3.05, 3.63) is 53.9 Å². The van der Waals surface area contributed by atoms with Gasteiger partial charge >= 0.3 is 0 Å². The van der Waals surface area contributed by atoms with E-state index in [0.29, 0.717) is 6.42 Å². The van der Waals surface area contributed by atoms with Crippen LogP contribution in [-0.4, -0.2) is 21.6 Å². The predicted molar refractivity (Wildman–Crippen MR) is 87.2 cm³/mol. The lowest BCUT2D eigenvalue weighted by Crippen LogP contribution is -2.03. The molecule has 1 aromatic carbocycles. The largest absolute Gasteiger partial charge is 0.496 e. The van der Waals surface area contributed by atoms with Gasteiger partial charge in [-0.3, -0.25) is 0 Å². The molecule has 0 bridgehead atoms. The highest BCUT2D eigenvalue weighted by molar-refractivity contribution is 5.72. The van der Waals surface area contributed by atoms with Crippen LogP contribution in [0, 0.1) is 6.92 Å². The molecule has 22 heavy (non-hydrogen) atoms. The van der Waals surface area contributed by atoms with Crippen molar-refractivity contribution in [2.45, 2.75) is 26.4 Å². The Hall–Kier alpha value is -2.33. The number of imidazole rings is 1. The normalized spacial score (nSPS) is 12.5. The Bertz CT molecular complexity index is 808. The van der Waals surface area contributed by atoms with Crippen molar-refractivity contribution in [1.29, 1.82) is 0 Å². The van der Waals surface area contributed by atoms with E-state index in [9.17, 15) is 5.11 Å². The lowest BCUT2D eigenvalue weighted by atomic mass is 10.0.